The average Bonchev–Trinajstić information content (AvgIpc) is 3.51. The number of nitrogens with one attached hydrogen (secondary N) is 1. The maximum atomic E-state index is 13.2. The van der Waals surface area contributed by atoms with E-state index >= 15 is 0 Å². The summed E-state index contributed by atoms with van der Waals surface area (Å²) in [7, 11) is -3.07. The van der Waals surface area contributed by atoms with Crippen molar-refractivity contribution in [1.29, 1.82) is 0 Å². The first-order valence-corrected chi connectivity index (χ1v) is 15.8. The number of aromatic nitrogens is 4. The van der Waals surface area contributed by atoms with Crippen LogP contribution in [0.25, 0.3) is 0 Å². The zero-order chi connectivity index (χ0) is 33.9. The van der Waals surface area contributed by atoms with E-state index in [1.807, 2.05) is 28.7 Å². The Morgan fingerprint density at radius 2 is 1.98 bits per heavy atom. The molecule has 23 heteroatoms. The summed E-state index contributed by atoms with van der Waals surface area (Å²) in [6, 6.07) is 0.819. The maximum Gasteiger partial charge on any atom is 0.352 e. The van der Waals surface area contributed by atoms with Gasteiger partial charge in [-0.1, -0.05) is 5.16 Å². The first-order valence-electron chi connectivity index (χ1n) is 12.6. The molecule has 1 fully saturated rings. The second kappa shape index (κ2) is 13.9. The van der Waals surface area contributed by atoms with Crippen molar-refractivity contribution < 1.29 is 56.4 Å². The van der Waals surface area contributed by atoms with Crippen molar-refractivity contribution in [3.05, 3.63) is 35.1 Å². The van der Waals surface area contributed by atoms with Crippen molar-refractivity contribution in [2.45, 2.75) is 43.8 Å². The van der Waals surface area contributed by atoms with Crippen LogP contribution in [0.2, 0.25) is 0 Å². The summed E-state index contributed by atoms with van der Waals surface area (Å²) in [5, 5.41) is 24.8. The largest absolute Gasteiger partial charge is 0.726 e. The second-order valence-corrected chi connectivity index (χ2v) is 12.6. The maximum absolute atomic E-state index is 13.2. The summed E-state index contributed by atoms with van der Waals surface area (Å²) >= 11 is 2.08. The van der Waals surface area contributed by atoms with Crippen LogP contribution in [0.1, 0.15) is 25.4 Å². The van der Waals surface area contributed by atoms with Gasteiger partial charge in [0.15, 0.2) is 17.9 Å². The minimum absolute atomic E-state index is 0.0248. The van der Waals surface area contributed by atoms with Gasteiger partial charge in [-0.05, 0) is 20.4 Å². The standard InChI is InChI=1S/C22H27N9O7S2.H2O4S/c1-22(2,20(36)37)38-27-12(15-26-21(24)40-28-15)16(32)25-13-17(33)31-14(19(34)35)10(9-39-18(13)31)8-30-7-5-11(4-6-23)29(30)3;1-5(2,3)4/h5,7,13,18H,4,6,8-9,23H2,1-3H3,(H4-,24,25,26,28,32,34,35,36,37);(H2,1,2,3,4)/b27-12-;/t13-,18-;/m1./s1. The van der Waals surface area contributed by atoms with Gasteiger partial charge in [-0.15, -0.1) is 16.4 Å². The molecule has 2 aromatic rings. The number of hydrogen-bond acceptors (Lipinski definition) is 15. The van der Waals surface area contributed by atoms with Crippen LogP contribution < -0.4 is 21.5 Å². The quantitative estimate of drug-likeness (QED) is 0.0348. The molecule has 2 atom stereocenters. The molecule has 0 aromatic carbocycles. The number of aliphatic carboxylic acids is 2. The third-order valence-electron chi connectivity index (χ3n) is 6.28. The third kappa shape index (κ3) is 8.52. The Morgan fingerprint density at radius 1 is 1.33 bits per heavy atom. The Hall–Kier alpha value is -4.16. The number of carbonyl (C=O) groups is 4. The monoisotopic (exact) mass is 691 g/mol. The van der Waals surface area contributed by atoms with Gasteiger partial charge in [0.2, 0.25) is 27.5 Å². The summed E-state index contributed by atoms with van der Waals surface area (Å²) in [5.41, 5.74) is 10.4. The highest BCUT2D eigenvalue weighted by molar-refractivity contribution is 8.00. The van der Waals surface area contributed by atoms with Gasteiger partial charge in [-0.25, -0.2) is 18.0 Å². The van der Waals surface area contributed by atoms with E-state index in [1.54, 1.807) is 0 Å². The SMILES string of the molecule is Cn1c(CCN)cc[n+]1CC1=C(C(=O)O)N2C(=O)[C@@H](NC(=O)/C(=N\OC(C)(C)C(=O)O)c3nsc(N)n3)[C@H]2SC1.O=S(=O)([O-])O. The first kappa shape index (κ1) is 35.3. The Bertz CT molecular complexity index is 1660. The van der Waals surface area contributed by atoms with E-state index in [-0.39, 0.29) is 23.2 Å². The lowest BCUT2D eigenvalue weighted by atomic mass is 10.0. The molecule has 0 saturated carbocycles. The molecule has 2 aliphatic heterocycles. The van der Waals surface area contributed by atoms with E-state index in [0.717, 1.165) is 22.1 Å². The van der Waals surface area contributed by atoms with Crippen LogP contribution in [-0.4, -0.2) is 105 Å². The third-order valence-corrected chi connectivity index (χ3v) is 8.16. The Balaban J connectivity index is 0.00000102. The summed E-state index contributed by atoms with van der Waals surface area (Å²) in [4.78, 5) is 60.1. The number of carbonyl (C=O) groups excluding carboxylic acids is 2. The fourth-order valence-electron chi connectivity index (χ4n) is 4.02. The van der Waals surface area contributed by atoms with Gasteiger partial charge in [-0.3, -0.25) is 19.0 Å². The number of fused-ring (bicyclic) bond motifs is 1. The molecule has 0 bridgehead atoms. The lowest BCUT2D eigenvalue weighted by Crippen LogP contribution is -2.71. The molecule has 246 valence electrons. The second-order valence-electron chi connectivity index (χ2n) is 9.82. The van der Waals surface area contributed by atoms with E-state index in [2.05, 4.69) is 19.8 Å². The van der Waals surface area contributed by atoms with E-state index in [9.17, 15) is 29.4 Å². The zero-order valence-corrected chi connectivity index (χ0v) is 26.3. The number of oxime groups is 1. The van der Waals surface area contributed by atoms with Crippen molar-refractivity contribution in [3.63, 3.8) is 0 Å². The minimum Gasteiger partial charge on any atom is -0.726 e. The normalized spacial score (nSPS) is 18.4. The summed E-state index contributed by atoms with van der Waals surface area (Å²) in [5.74, 6) is -4.06. The van der Waals surface area contributed by atoms with Crippen molar-refractivity contribution in [3.8, 4) is 0 Å². The Labute approximate surface area is 263 Å². The summed E-state index contributed by atoms with van der Waals surface area (Å²) < 4.78 is 40.5. The molecule has 0 spiro atoms. The molecular formula is C22H29N9O11S3. The highest BCUT2D eigenvalue weighted by atomic mass is 32.3. The number of thioether (sulfide) groups is 1. The highest BCUT2D eigenvalue weighted by Gasteiger charge is 2.55. The highest BCUT2D eigenvalue weighted by Crippen LogP contribution is 2.40. The van der Waals surface area contributed by atoms with Crippen molar-refractivity contribution in [1.82, 2.24) is 24.3 Å². The van der Waals surface area contributed by atoms with E-state index in [4.69, 9.17) is 33.8 Å². The van der Waals surface area contributed by atoms with Gasteiger partial charge >= 0.3 is 11.9 Å². The topological polar surface area (TPSA) is 310 Å². The number of carboxylic acid groups (broad SMARTS) is 2. The van der Waals surface area contributed by atoms with Gasteiger partial charge in [0.05, 0.1) is 12.7 Å². The van der Waals surface area contributed by atoms with Crippen LogP contribution in [0.3, 0.4) is 0 Å². The molecule has 8 N–H and O–H groups in total. The summed E-state index contributed by atoms with van der Waals surface area (Å²) in [6.45, 7) is 3.17. The van der Waals surface area contributed by atoms with Crippen LogP contribution in [-0.2, 0) is 54.4 Å². The molecule has 0 aliphatic carbocycles. The van der Waals surface area contributed by atoms with E-state index < -0.39 is 56.9 Å². The molecule has 0 unspecified atom stereocenters. The molecule has 1 saturated heterocycles. The Kier molecular flexibility index (Phi) is 10.9. The van der Waals surface area contributed by atoms with Crippen LogP contribution in [0.5, 0.6) is 0 Å². The fraction of sp³-hybridized carbons (Fsp3) is 0.455. The molecule has 2 aliphatic rings. The smallest absolute Gasteiger partial charge is 0.352 e. The number of β-lactam (4-membered cyclic amide) rings is 1. The van der Waals surface area contributed by atoms with Gasteiger partial charge in [0, 0.05) is 35.3 Å². The minimum atomic E-state index is -4.92. The summed E-state index contributed by atoms with van der Waals surface area (Å²) in [6.07, 6.45) is 2.48. The van der Waals surface area contributed by atoms with E-state index in [1.165, 1.54) is 25.6 Å². The predicted molar refractivity (Wildman–Crippen MR) is 154 cm³/mol. The molecule has 20 nitrogen and oxygen atoms in total. The van der Waals surface area contributed by atoms with Crippen LogP contribution in [0.4, 0.5) is 5.13 Å². The first-order chi connectivity index (χ1) is 20.9. The number of hydrogen-bond donors (Lipinski definition) is 6. The molecule has 4 heterocycles. The predicted octanol–water partition coefficient (Wildman–Crippen LogP) is -2.73. The number of carboxylic acids is 2. The Morgan fingerprint density at radius 3 is 2.51 bits per heavy atom. The lowest BCUT2D eigenvalue weighted by Gasteiger charge is -2.49. The number of amides is 2. The molecule has 2 amide bonds. The van der Waals surface area contributed by atoms with Gasteiger partial charge in [-0.2, -0.15) is 14.0 Å². The van der Waals surface area contributed by atoms with E-state index in [0.29, 0.717) is 24.3 Å². The fourth-order valence-corrected chi connectivity index (χ4v) is 5.79. The lowest BCUT2D eigenvalue weighted by molar-refractivity contribution is -0.766. The van der Waals surface area contributed by atoms with Crippen molar-refractivity contribution >= 4 is 68.3 Å². The van der Waals surface area contributed by atoms with Crippen LogP contribution in [0, 0.1) is 0 Å². The van der Waals surface area contributed by atoms with Crippen LogP contribution >= 0.6 is 23.3 Å². The van der Waals surface area contributed by atoms with Crippen molar-refractivity contribution in [2.75, 3.05) is 18.0 Å². The molecule has 4 rings (SSSR count). The van der Waals surface area contributed by atoms with Gasteiger partial charge in [0.1, 0.15) is 17.1 Å². The number of nitrogens with zero attached hydrogens (tertiary/aromatic N) is 6. The number of anilines is 1. The van der Waals surface area contributed by atoms with Crippen molar-refractivity contribution in [2.24, 2.45) is 17.9 Å². The molecule has 45 heavy (non-hydrogen) atoms. The molecule has 2 aromatic heterocycles. The number of nitrogens with two attached hydrogens (primary N) is 2. The number of rotatable bonds is 11. The molecule has 0 radical (unpaired) electrons. The average molecular weight is 692 g/mol. The van der Waals surface area contributed by atoms with Gasteiger partial charge in [0.25, 0.3) is 11.8 Å². The zero-order valence-electron chi connectivity index (χ0n) is 23.8. The molecular weight excluding hydrogens is 662 g/mol. The van der Waals surface area contributed by atoms with Crippen LogP contribution in [0.15, 0.2) is 28.7 Å². The van der Waals surface area contributed by atoms with Gasteiger partial charge < -0.3 is 36.4 Å². The number of nitrogen functional groups attached to an aromatic ring is 1.